The highest BCUT2D eigenvalue weighted by atomic mass is 32.1. The van der Waals surface area contributed by atoms with Crippen molar-refractivity contribution in [1.29, 1.82) is 0 Å². The average molecular weight is 420 g/mol. The first-order valence-corrected chi connectivity index (χ1v) is 10.6. The highest BCUT2D eigenvalue weighted by Gasteiger charge is 2.24. The zero-order chi connectivity index (χ0) is 21.1. The van der Waals surface area contributed by atoms with Crippen LogP contribution in [0, 0.1) is 0 Å². The van der Waals surface area contributed by atoms with E-state index in [9.17, 15) is 9.59 Å². The number of nitrogens with zero attached hydrogens (tertiary/aromatic N) is 3. The molecule has 7 heteroatoms. The highest BCUT2D eigenvalue weighted by molar-refractivity contribution is 7.16. The number of pyridine rings is 1. The Morgan fingerprint density at radius 1 is 1.13 bits per heavy atom. The lowest BCUT2D eigenvalue weighted by atomic mass is 10.1. The van der Waals surface area contributed by atoms with Crippen molar-refractivity contribution < 1.29 is 14.3 Å². The maximum absolute atomic E-state index is 13.0. The van der Waals surface area contributed by atoms with Crippen molar-refractivity contribution in [2.75, 3.05) is 6.61 Å². The maximum atomic E-state index is 13.0. The summed E-state index contributed by atoms with van der Waals surface area (Å²) in [5.41, 5.74) is 2.08. The molecule has 0 fully saturated rings. The van der Waals surface area contributed by atoms with Gasteiger partial charge in [-0.3, -0.25) is 9.78 Å². The molecule has 0 aliphatic carbocycles. The third-order valence-corrected chi connectivity index (χ3v) is 5.86. The number of hydrogen-bond donors (Lipinski definition) is 0. The zero-order valence-electron chi connectivity index (χ0n) is 16.7. The molecule has 2 aromatic carbocycles. The topological polar surface area (TPSA) is 73.6 Å². The van der Waals surface area contributed by atoms with Gasteiger partial charge in [0.15, 0.2) is 4.80 Å². The van der Waals surface area contributed by atoms with Gasteiger partial charge in [-0.2, -0.15) is 4.99 Å². The van der Waals surface area contributed by atoms with Gasteiger partial charge in [0.05, 0.1) is 27.9 Å². The Balaban J connectivity index is 1.85. The standard InChI is InChI=1S/C23H21N3O3S/c1-3-18(22(28)29-4-2)26-19-11-7-8-12-20(19)30-23(26)25-21(27)16-13-15-9-5-6-10-17(15)24-14-16/h5-14,18H,3-4H2,1-2H3/b25-23+. The molecular formula is C23H21N3O3S. The van der Waals surface area contributed by atoms with Crippen LogP contribution in [0.1, 0.15) is 36.7 Å². The zero-order valence-corrected chi connectivity index (χ0v) is 17.6. The summed E-state index contributed by atoms with van der Waals surface area (Å²) in [4.78, 5) is 34.8. The monoisotopic (exact) mass is 419 g/mol. The molecule has 2 heterocycles. The van der Waals surface area contributed by atoms with Crippen LogP contribution in [0.4, 0.5) is 0 Å². The highest BCUT2D eigenvalue weighted by Crippen LogP contribution is 2.23. The van der Waals surface area contributed by atoms with Crippen molar-refractivity contribution in [2.45, 2.75) is 26.3 Å². The number of aromatic nitrogens is 2. The van der Waals surface area contributed by atoms with E-state index in [0.29, 0.717) is 23.4 Å². The lowest BCUT2D eigenvalue weighted by Gasteiger charge is -2.16. The van der Waals surface area contributed by atoms with Gasteiger partial charge in [-0.15, -0.1) is 0 Å². The number of esters is 1. The number of amides is 1. The fourth-order valence-electron chi connectivity index (χ4n) is 3.40. The third-order valence-electron chi connectivity index (χ3n) is 4.82. The van der Waals surface area contributed by atoms with Crippen LogP contribution in [0.2, 0.25) is 0 Å². The number of hydrogen-bond acceptors (Lipinski definition) is 5. The molecular weight excluding hydrogens is 398 g/mol. The summed E-state index contributed by atoms with van der Waals surface area (Å²) in [6.45, 7) is 3.99. The van der Waals surface area contributed by atoms with E-state index in [1.54, 1.807) is 13.0 Å². The van der Waals surface area contributed by atoms with Crippen LogP contribution in [0.15, 0.2) is 65.8 Å². The molecule has 2 aromatic heterocycles. The Labute approximate surface area is 177 Å². The summed E-state index contributed by atoms with van der Waals surface area (Å²) >= 11 is 1.38. The number of carbonyl (C=O) groups is 2. The fourth-order valence-corrected chi connectivity index (χ4v) is 4.47. The Bertz CT molecular complexity index is 1310. The number of carbonyl (C=O) groups excluding carboxylic acids is 2. The van der Waals surface area contributed by atoms with Crippen molar-refractivity contribution in [2.24, 2.45) is 4.99 Å². The molecule has 0 saturated heterocycles. The van der Waals surface area contributed by atoms with Crippen molar-refractivity contribution in [3.63, 3.8) is 0 Å². The van der Waals surface area contributed by atoms with Gasteiger partial charge in [0, 0.05) is 11.6 Å². The minimum absolute atomic E-state index is 0.298. The molecule has 1 atom stereocenters. The molecule has 0 aliphatic rings. The Morgan fingerprint density at radius 2 is 1.90 bits per heavy atom. The first-order chi connectivity index (χ1) is 14.6. The van der Waals surface area contributed by atoms with Gasteiger partial charge < -0.3 is 9.30 Å². The SMILES string of the molecule is CCOC(=O)C(CC)n1/c(=N\C(=O)c2cnc3ccccc3c2)sc2ccccc21. The van der Waals surface area contributed by atoms with E-state index in [2.05, 4.69) is 9.98 Å². The van der Waals surface area contributed by atoms with E-state index in [1.165, 1.54) is 17.5 Å². The number of rotatable bonds is 5. The van der Waals surface area contributed by atoms with Crippen molar-refractivity contribution in [3.05, 3.63) is 71.2 Å². The Hall–Kier alpha value is -3.32. The van der Waals surface area contributed by atoms with Crippen LogP contribution < -0.4 is 4.80 Å². The van der Waals surface area contributed by atoms with Gasteiger partial charge in [0.1, 0.15) is 6.04 Å². The van der Waals surface area contributed by atoms with Crippen molar-refractivity contribution >= 4 is 44.3 Å². The van der Waals surface area contributed by atoms with E-state index in [1.807, 2.05) is 60.0 Å². The van der Waals surface area contributed by atoms with Gasteiger partial charge in [0.2, 0.25) is 0 Å². The molecule has 30 heavy (non-hydrogen) atoms. The minimum atomic E-state index is -0.553. The van der Waals surface area contributed by atoms with E-state index >= 15 is 0 Å². The molecule has 4 aromatic rings. The first kappa shape index (κ1) is 20.0. The quantitative estimate of drug-likeness (QED) is 0.446. The molecule has 1 amide bonds. The van der Waals surface area contributed by atoms with E-state index in [0.717, 1.165) is 21.1 Å². The van der Waals surface area contributed by atoms with Gasteiger partial charge in [0.25, 0.3) is 5.91 Å². The summed E-state index contributed by atoms with van der Waals surface area (Å²) in [5.74, 6) is -0.725. The van der Waals surface area contributed by atoms with Gasteiger partial charge >= 0.3 is 5.97 Å². The summed E-state index contributed by atoms with van der Waals surface area (Å²) in [6.07, 6.45) is 2.06. The smallest absolute Gasteiger partial charge is 0.329 e. The number of ether oxygens (including phenoxy) is 1. The molecule has 0 bridgehead atoms. The predicted molar refractivity (Wildman–Crippen MR) is 117 cm³/mol. The Morgan fingerprint density at radius 3 is 2.70 bits per heavy atom. The maximum Gasteiger partial charge on any atom is 0.329 e. The second-order valence-electron chi connectivity index (χ2n) is 6.73. The largest absolute Gasteiger partial charge is 0.464 e. The molecule has 0 radical (unpaired) electrons. The molecule has 6 nitrogen and oxygen atoms in total. The van der Waals surface area contributed by atoms with Gasteiger partial charge in [-0.25, -0.2) is 4.79 Å². The van der Waals surface area contributed by atoms with E-state index < -0.39 is 11.9 Å². The predicted octanol–water partition coefficient (Wildman–Crippen LogP) is 4.51. The lowest BCUT2D eigenvalue weighted by molar-refractivity contribution is -0.147. The third kappa shape index (κ3) is 3.76. The van der Waals surface area contributed by atoms with E-state index in [4.69, 9.17) is 4.74 Å². The molecule has 0 N–H and O–H groups in total. The second kappa shape index (κ2) is 8.59. The number of para-hydroxylation sites is 2. The molecule has 1 unspecified atom stereocenters. The van der Waals surface area contributed by atoms with Crippen LogP contribution in [0.5, 0.6) is 0 Å². The average Bonchev–Trinajstić information content (AvgIpc) is 3.12. The second-order valence-corrected chi connectivity index (χ2v) is 7.74. The molecule has 0 spiro atoms. The molecule has 0 saturated carbocycles. The molecule has 4 rings (SSSR count). The first-order valence-electron chi connectivity index (χ1n) is 9.83. The number of thiazole rings is 1. The summed E-state index contributed by atoms with van der Waals surface area (Å²) in [7, 11) is 0. The van der Waals surface area contributed by atoms with Crippen molar-refractivity contribution in [1.82, 2.24) is 9.55 Å². The molecule has 0 aliphatic heterocycles. The van der Waals surface area contributed by atoms with Crippen molar-refractivity contribution in [3.8, 4) is 0 Å². The normalized spacial score (nSPS) is 12.9. The van der Waals surface area contributed by atoms with Crippen LogP contribution in [-0.2, 0) is 9.53 Å². The van der Waals surface area contributed by atoms with Crippen LogP contribution >= 0.6 is 11.3 Å². The van der Waals surface area contributed by atoms with E-state index in [-0.39, 0.29) is 5.97 Å². The van der Waals surface area contributed by atoms with Crippen LogP contribution in [0.3, 0.4) is 0 Å². The number of fused-ring (bicyclic) bond motifs is 2. The minimum Gasteiger partial charge on any atom is -0.464 e. The Kier molecular flexibility index (Phi) is 5.72. The number of benzene rings is 2. The fraction of sp³-hybridized carbons (Fsp3) is 0.217. The summed E-state index contributed by atoms with van der Waals surface area (Å²) in [6, 6.07) is 16.6. The lowest BCUT2D eigenvalue weighted by Crippen LogP contribution is -2.29. The van der Waals surface area contributed by atoms with Crippen LogP contribution in [0.25, 0.3) is 21.1 Å². The van der Waals surface area contributed by atoms with Gasteiger partial charge in [-0.1, -0.05) is 48.6 Å². The summed E-state index contributed by atoms with van der Waals surface area (Å²) < 4.78 is 8.03. The van der Waals surface area contributed by atoms with Crippen LogP contribution in [-0.4, -0.2) is 28.0 Å². The van der Waals surface area contributed by atoms with Gasteiger partial charge in [-0.05, 0) is 37.6 Å². The summed E-state index contributed by atoms with van der Waals surface area (Å²) in [5, 5.41) is 0.876. The molecule has 152 valence electrons.